The molecule has 2 N–H and O–H groups in total. The third-order valence-electron chi connectivity index (χ3n) is 5.09. The minimum absolute atomic E-state index is 0.0519. The van der Waals surface area contributed by atoms with Crippen molar-refractivity contribution in [1.29, 1.82) is 0 Å². The first-order valence-corrected chi connectivity index (χ1v) is 9.57. The standard InChI is InChI=1S/C20H22N2OS/c23-19(21-14-20(11-12-20)15-6-2-1-3-7-15)22-17-10-13-24-18-9-5-4-8-16(17)18/h1-9,17H,10-14H2,(H2,21,22,23). The highest BCUT2D eigenvalue weighted by atomic mass is 32.2. The number of thioether (sulfide) groups is 1. The lowest BCUT2D eigenvalue weighted by Gasteiger charge is -2.26. The Balaban J connectivity index is 1.37. The molecule has 2 aromatic rings. The third-order valence-corrected chi connectivity index (χ3v) is 6.21. The lowest BCUT2D eigenvalue weighted by Crippen LogP contribution is -2.42. The van der Waals surface area contributed by atoms with E-state index in [0.29, 0.717) is 6.54 Å². The van der Waals surface area contributed by atoms with Crippen LogP contribution >= 0.6 is 11.8 Å². The van der Waals surface area contributed by atoms with Crippen molar-refractivity contribution in [1.82, 2.24) is 10.6 Å². The Morgan fingerprint density at radius 3 is 2.62 bits per heavy atom. The van der Waals surface area contributed by atoms with Crippen LogP contribution in [0.2, 0.25) is 0 Å². The monoisotopic (exact) mass is 338 g/mol. The normalized spacial score (nSPS) is 20.8. The Morgan fingerprint density at radius 2 is 1.83 bits per heavy atom. The van der Waals surface area contributed by atoms with Gasteiger partial charge in [0.15, 0.2) is 0 Å². The summed E-state index contributed by atoms with van der Waals surface area (Å²) in [6.45, 7) is 0.714. The number of carbonyl (C=O) groups is 1. The number of amides is 2. The number of benzene rings is 2. The predicted molar refractivity (Wildman–Crippen MR) is 98.4 cm³/mol. The maximum atomic E-state index is 12.4. The molecule has 3 nitrogen and oxygen atoms in total. The van der Waals surface area contributed by atoms with Crippen LogP contribution in [0.4, 0.5) is 4.79 Å². The minimum atomic E-state index is -0.0519. The fourth-order valence-corrected chi connectivity index (χ4v) is 4.59. The number of carbonyl (C=O) groups excluding carboxylic acids is 1. The van der Waals surface area contributed by atoms with Crippen LogP contribution in [0.25, 0.3) is 0 Å². The second-order valence-corrected chi connectivity index (χ2v) is 7.84. The van der Waals surface area contributed by atoms with Crippen LogP contribution in [-0.2, 0) is 5.41 Å². The molecule has 4 rings (SSSR count). The summed E-state index contributed by atoms with van der Waals surface area (Å²) in [6.07, 6.45) is 3.29. The molecule has 1 unspecified atom stereocenters. The molecule has 0 radical (unpaired) electrons. The quantitative estimate of drug-likeness (QED) is 0.875. The van der Waals surface area contributed by atoms with Gasteiger partial charge in [-0.15, -0.1) is 11.8 Å². The highest BCUT2D eigenvalue weighted by Crippen LogP contribution is 2.47. The first kappa shape index (κ1) is 15.6. The van der Waals surface area contributed by atoms with Gasteiger partial charge in [0, 0.05) is 22.6 Å². The molecule has 1 saturated carbocycles. The van der Waals surface area contributed by atoms with E-state index >= 15 is 0 Å². The predicted octanol–water partition coefficient (Wildman–Crippen LogP) is 4.25. The number of hydrogen-bond donors (Lipinski definition) is 2. The van der Waals surface area contributed by atoms with Gasteiger partial charge in [0.2, 0.25) is 0 Å². The Kier molecular flexibility index (Phi) is 4.23. The fraction of sp³-hybridized carbons (Fsp3) is 0.350. The average molecular weight is 338 g/mol. The summed E-state index contributed by atoms with van der Waals surface area (Å²) in [5.41, 5.74) is 2.73. The van der Waals surface area contributed by atoms with E-state index in [1.54, 1.807) is 0 Å². The van der Waals surface area contributed by atoms with Crippen LogP contribution in [-0.4, -0.2) is 18.3 Å². The zero-order valence-corrected chi connectivity index (χ0v) is 14.4. The molecule has 2 amide bonds. The van der Waals surface area contributed by atoms with Crippen LogP contribution < -0.4 is 10.6 Å². The summed E-state index contributed by atoms with van der Waals surface area (Å²) >= 11 is 1.87. The number of nitrogens with one attached hydrogen (secondary N) is 2. The van der Waals surface area contributed by atoms with E-state index in [4.69, 9.17) is 0 Å². The van der Waals surface area contributed by atoms with Crippen LogP contribution in [0.15, 0.2) is 59.5 Å². The molecular formula is C20H22N2OS. The average Bonchev–Trinajstić information content (AvgIpc) is 3.42. The van der Waals surface area contributed by atoms with Gasteiger partial charge in [-0.25, -0.2) is 4.79 Å². The lowest BCUT2D eigenvalue weighted by atomic mass is 9.96. The van der Waals surface area contributed by atoms with Crippen LogP contribution in [0.1, 0.15) is 36.4 Å². The molecule has 24 heavy (non-hydrogen) atoms. The summed E-state index contributed by atoms with van der Waals surface area (Å²) in [4.78, 5) is 13.7. The zero-order valence-electron chi connectivity index (χ0n) is 13.6. The maximum Gasteiger partial charge on any atom is 0.315 e. The van der Waals surface area contributed by atoms with Gasteiger partial charge in [-0.3, -0.25) is 0 Å². The topological polar surface area (TPSA) is 41.1 Å². The van der Waals surface area contributed by atoms with Gasteiger partial charge >= 0.3 is 6.03 Å². The SMILES string of the molecule is O=C(NCC1(c2ccccc2)CC1)NC1CCSc2ccccc21. The molecule has 1 heterocycles. The van der Waals surface area contributed by atoms with Crippen LogP contribution in [0.5, 0.6) is 0 Å². The molecule has 1 aliphatic heterocycles. The summed E-state index contributed by atoms with van der Waals surface area (Å²) in [7, 11) is 0. The van der Waals surface area contributed by atoms with Gasteiger partial charge < -0.3 is 10.6 Å². The largest absolute Gasteiger partial charge is 0.337 e. The first-order valence-electron chi connectivity index (χ1n) is 8.58. The van der Waals surface area contributed by atoms with E-state index in [0.717, 1.165) is 25.0 Å². The molecule has 2 aromatic carbocycles. The van der Waals surface area contributed by atoms with E-state index in [2.05, 4.69) is 53.1 Å². The molecule has 0 spiro atoms. The van der Waals surface area contributed by atoms with Gasteiger partial charge in [-0.05, 0) is 36.5 Å². The van der Waals surface area contributed by atoms with Crippen molar-refractivity contribution in [2.45, 2.75) is 35.6 Å². The van der Waals surface area contributed by atoms with E-state index in [9.17, 15) is 4.79 Å². The van der Waals surface area contributed by atoms with Crippen LogP contribution in [0.3, 0.4) is 0 Å². The van der Waals surface area contributed by atoms with E-state index in [-0.39, 0.29) is 17.5 Å². The zero-order chi connectivity index (χ0) is 16.4. The lowest BCUT2D eigenvalue weighted by molar-refractivity contribution is 0.235. The molecule has 0 bridgehead atoms. The molecule has 1 fully saturated rings. The summed E-state index contributed by atoms with van der Waals surface area (Å²) in [5, 5.41) is 6.27. The molecule has 1 aliphatic carbocycles. The van der Waals surface area contributed by atoms with Crippen molar-refractivity contribution in [3.05, 3.63) is 65.7 Å². The van der Waals surface area contributed by atoms with E-state index in [1.807, 2.05) is 23.9 Å². The first-order chi connectivity index (χ1) is 11.8. The van der Waals surface area contributed by atoms with E-state index in [1.165, 1.54) is 16.0 Å². The van der Waals surface area contributed by atoms with Crippen molar-refractivity contribution < 1.29 is 4.79 Å². The van der Waals surface area contributed by atoms with Crippen molar-refractivity contribution >= 4 is 17.8 Å². The fourth-order valence-electron chi connectivity index (χ4n) is 3.46. The molecule has 4 heteroatoms. The van der Waals surface area contributed by atoms with Crippen molar-refractivity contribution in [3.63, 3.8) is 0 Å². The molecular weight excluding hydrogens is 316 g/mol. The molecule has 1 atom stereocenters. The van der Waals surface area contributed by atoms with Gasteiger partial charge in [0.25, 0.3) is 0 Å². The highest BCUT2D eigenvalue weighted by Gasteiger charge is 2.44. The van der Waals surface area contributed by atoms with Gasteiger partial charge in [-0.2, -0.15) is 0 Å². The maximum absolute atomic E-state index is 12.4. The van der Waals surface area contributed by atoms with Gasteiger partial charge in [0.05, 0.1) is 6.04 Å². The number of fused-ring (bicyclic) bond motifs is 1. The summed E-state index contributed by atoms with van der Waals surface area (Å²) in [5.74, 6) is 1.05. The number of hydrogen-bond acceptors (Lipinski definition) is 2. The van der Waals surface area contributed by atoms with E-state index < -0.39 is 0 Å². The molecule has 0 aromatic heterocycles. The Bertz CT molecular complexity index is 727. The van der Waals surface area contributed by atoms with Crippen molar-refractivity contribution in [3.8, 4) is 0 Å². The Morgan fingerprint density at radius 1 is 1.08 bits per heavy atom. The highest BCUT2D eigenvalue weighted by molar-refractivity contribution is 7.99. The summed E-state index contributed by atoms with van der Waals surface area (Å²) < 4.78 is 0. The Labute approximate surface area is 147 Å². The molecule has 124 valence electrons. The number of urea groups is 1. The third kappa shape index (κ3) is 3.16. The number of rotatable bonds is 4. The summed E-state index contributed by atoms with van der Waals surface area (Å²) in [6, 6.07) is 19.0. The van der Waals surface area contributed by atoms with Crippen LogP contribution in [0, 0.1) is 0 Å². The smallest absolute Gasteiger partial charge is 0.315 e. The second-order valence-electron chi connectivity index (χ2n) is 6.70. The molecule has 0 saturated heterocycles. The van der Waals surface area contributed by atoms with Gasteiger partial charge in [-0.1, -0.05) is 48.5 Å². The second kappa shape index (κ2) is 6.52. The minimum Gasteiger partial charge on any atom is -0.337 e. The molecule has 2 aliphatic rings. The van der Waals surface area contributed by atoms with Crippen molar-refractivity contribution in [2.75, 3.05) is 12.3 Å². The van der Waals surface area contributed by atoms with Gasteiger partial charge in [0.1, 0.15) is 0 Å². The Hall–Kier alpha value is -1.94. The van der Waals surface area contributed by atoms with Crippen molar-refractivity contribution in [2.24, 2.45) is 0 Å².